The van der Waals surface area contributed by atoms with Crippen LogP contribution in [0.5, 0.6) is 0 Å². The molecule has 0 unspecified atom stereocenters. The summed E-state index contributed by atoms with van der Waals surface area (Å²) < 4.78 is 25.7. The fourth-order valence-electron chi connectivity index (χ4n) is 0.846. The van der Waals surface area contributed by atoms with Crippen LogP contribution < -0.4 is 5.32 Å². The Labute approximate surface area is 90.5 Å². The Hall–Kier alpha value is -1.23. The minimum atomic E-state index is -3.38. The molecule has 0 saturated heterocycles. The van der Waals surface area contributed by atoms with E-state index in [-0.39, 0.29) is 11.0 Å². The quantitative estimate of drug-likeness (QED) is 0.817. The fourth-order valence-corrected chi connectivity index (χ4v) is 1.01. The topological polar surface area (TPSA) is 42.0 Å². The number of nitrogens with one attached hydrogen (secondary N) is 1. The van der Waals surface area contributed by atoms with Crippen LogP contribution in [0, 0.1) is 0 Å². The summed E-state index contributed by atoms with van der Waals surface area (Å²) in [5.74, 6) is -4.75. The van der Waals surface area contributed by atoms with Gasteiger partial charge in [-0.1, -0.05) is 24.6 Å². The van der Waals surface area contributed by atoms with Crippen LogP contribution in [0.2, 0.25) is 5.15 Å². The number of pyridine rings is 1. The molecule has 0 bridgehead atoms. The van der Waals surface area contributed by atoms with Crippen LogP contribution in [0.25, 0.3) is 0 Å². The minimum Gasteiger partial charge on any atom is -0.305 e. The van der Waals surface area contributed by atoms with E-state index >= 15 is 0 Å². The van der Waals surface area contributed by atoms with Gasteiger partial charge in [0.25, 0.3) is 5.91 Å². The molecule has 82 valence electrons. The molecule has 1 rings (SSSR count). The second-order valence-electron chi connectivity index (χ2n) is 2.86. The summed E-state index contributed by atoms with van der Waals surface area (Å²) in [5, 5.41) is 2.12. The highest BCUT2D eigenvalue weighted by Gasteiger charge is 2.36. The summed E-state index contributed by atoms with van der Waals surface area (Å²) in [5.41, 5.74) is 0. The van der Waals surface area contributed by atoms with E-state index in [2.05, 4.69) is 4.98 Å². The second-order valence-corrected chi connectivity index (χ2v) is 3.24. The molecule has 1 aromatic heterocycles. The van der Waals surface area contributed by atoms with Crippen LogP contribution in [-0.4, -0.2) is 16.8 Å². The van der Waals surface area contributed by atoms with E-state index in [1.165, 1.54) is 25.1 Å². The zero-order valence-electron chi connectivity index (χ0n) is 7.93. The molecule has 6 heteroatoms. The number of amides is 1. The van der Waals surface area contributed by atoms with Gasteiger partial charge in [-0.2, -0.15) is 8.78 Å². The molecule has 0 atom stereocenters. The van der Waals surface area contributed by atoms with Crippen molar-refractivity contribution in [1.82, 2.24) is 4.98 Å². The number of nitrogens with zero attached hydrogens (tertiary/aromatic N) is 1. The molecule has 0 radical (unpaired) electrons. The lowest BCUT2D eigenvalue weighted by Gasteiger charge is -2.13. The van der Waals surface area contributed by atoms with Crippen molar-refractivity contribution >= 4 is 23.3 Å². The van der Waals surface area contributed by atoms with Crippen molar-refractivity contribution in [2.45, 2.75) is 19.3 Å². The van der Waals surface area contributed by atoms with Crippen LogP contribution in [0.3, 0.4) is 0 Å². The maximum atomic E-state index is 12.9. The third kappa shape index (κ3) is 3.13. The summed E-state index contributed by atoms with van der Waals surface area (Å²) in [6.07, 6.45) is -0.556. The van der Waals surface area contributed by atoms with Crippen molar-refractivity contribution in [3.05, 3.63) is 23.4 Å². The van der Waals surface area contributed by atoms with E-state index in [9.17, 15) is 13.6 Å². The average Bonchev–Trinajstić information content (AvgIpc) is 2.17. The lowest BCUT2D eigenvalue weighted by molar-refractivity contribution is -0.139. The first kappa shape index (κ1) is 11.8. The molecule has 0 aliphatic heterocycles. The van der Waals surface area contributed by atoms with E-state index in [0.29, 0.717) is 0 Å². The third-order valence-electron chi connectivity index (χ3n) is 1.73. The normalized spacial score (nSPS) is 11.2. The Kier molecular flexibility index (Phi) is 3.57. The van der Waals surface area contributed by atoms with E-state index in [0.717, 1.165) is 0 Å². The summed E-state index contributed by atoms with van der Waals surface area (Å²) in [4.78, 5) is 14.7. The number of alkyl halides is 2. The van der Waals surface area contributed by atoms with E-state index < -0.39 is 18.3 Å². The Morgan fingerprint density at radius 2 is 2.27 bits per heavy atom. The van der Waals surface area contributed by atoms with E-state index in [4.69, 9.17) is 11.6 Å². The SMILES string of the molecule is CCC(F)(F)C(=O)Nc1cccc(Cl)n1. The Balaban J connectivity index is 2.75. The predicted molar refractivity (Wildman–Crippen MR) is 53.1 cm³/mol. The van der Waals surface area contributed by atoms with Crippen molar-refractivity contribution in [1.29, 1.82) is 0 Å². The molecule has 0 aliphatic rings. The summed E-state index contributed by atoms with van der Waals surface area (Å²) in [6, 6.07) is 4.37. The summed E-state index contributed by atoms with van der Waals surface area (Å²) in [6.45, 7) is 1.23. The number of hydrogen-bond acceptors (Lipinski definition) is 2. The highest BCUT2D eigenvalue weighted by molar-refractivity contribution is 6.29. The number of carbonyl (C=O) groups excluding carboxylic acids is 1. The Morgan fingerprint density at radius 1 is 1.60 bits per heavy atom. The van der Waals surface area contributed by atoms with Gasteiger partial charge in [0, 0.05) is 6.42 Å². The van der Waals surface area contributed by atoms with Gasteiger partial charge >= 0.3 is 5.92 Å². The standard InChI is InChI=1S/C9H9ClF2N2O/c1-2-9(11,12)8(15)14-7-5-3-4-6(10)13-7/h3-5H,2H2,1H3,(H,13,14,15). The minimum absolute atomic E-state index is 0.0145. The molecular formula is C9H9ClF2N2O. The molecule has 0 aliphatic carbocycles. The molecule has 1 N–H and O–H groups in total. The maximum Gasteiger partial charge on any atom is 0.324 e. The predicted octanol–water partition coefficient (Wildman–Crippen LogP) is 2.72. The first-order valence-electron chi connectivity index (χ1n) is 4.27. The molecule has 0 saturated carbocycles. The third-order valence-corrected chi connectivity index (χ3v) is 1.94. The highest BCUT2D eigenvalue weighted by Crippen LogP contribution is 2.20. The van der Waals surface area contributed by atoms with Gasteiger partial charge < -0.3 is 5.32 Å². The maximum absolute atomic E-state index is 12.9. The zero-order chi connectivity index (χ0) is 11.5. The largest absolute Gasteiger partial charge is 0.324 e. The smallest absolute Gasteiger partial charge is 0.305 e. The monoisotopic (exact) mass is 234 g/mol. The number of hydrogen-bond donors (Lipinski definition) is 1. The van der Waals surface area contributed by atoms with Gasteiger partial charge in [-0.05, 0) is 12.1 Å². The van der Waals surface area contributed by atoms with Crippen molar-refractivity contribution in [2.24, 2.45) is 0 Å². The van der Waals surface area contributed by atoms with Gasteiger partial charge in [0.1, 0.15) is 11.0 Å². The first-order valence-corrected chi connectivity index (χ1v) is 4.65. The lowest BCUT2D eigenvalue weighted by Crippen LogP contribution is -2.34. The van der Waals surface area contributed by atoms with Crippen LogP contribution >= 0.6 is 11.6 Å². The fraction of sp³-hybridized carbons (Fsp3) is 0.333. The number of carbonyl (C=O) groups is 1. The van der Waals surface area contributed by atoms with E-state index in [1.807, 2.05) is 5.32 Å². The summed E-state index contributed by atoms with van der Waals surface area (Å²) >= 11 is 5.53. The molecule has 0 aromatic carbocycles. The number of halogens is 3. The molecule has 1 aromatic rings. The number of rotatable bonds is 3. The Morgan fingerprint density at radius 3 is 2.80 bits per heavy atom. The van der Waals surface area contributed by atoms with Gasteiger partial charge in [-0.25, -0.2) is 4.98 Å². The molecule has 0 spiro atoms. The first-order chi connectivity index (χ1) is 6.95. The van der Waals surface area contributed by atoms with Crippen LogP contribution in [0.1, 0.15) is 13.3 Å². The number of anilines is 1. The summed E-state index contributed by atoms with van der Waals surface area (Å²) in [7, 11) is 0. The average molecular weight is 235 g/mol. The lowest BCUT2D eigenvalue weighted by atomic mass is 10.2. The Bertz CT molecular complexity index is 371. The molecular weight excluding hydrogens is 226 g/mol. The van der Waals surface area contributed by atoms with Crippen molar-refractivity contribution in [3.63, 3.8) is 0 Å². The van der Waals surface area contributed by atoms with Gasteiger partial charge in [0.15, 0.2) is 0 Å². The van der Waals surface area contributed by atoms with Crippen LogP contribution in [0.4, 0.5) is 14.6 Å². The van der Waals surface area contributed by atoms with E-state index in [1.54, 1.807) is 0 Å². The molecule has 1 heterocycles. The van der Waals surface area contributed by atoms with Crippen molar-refractivity contribution < 1.29 is 13.6 Å². The van der Waals surface area contributed by atoms with Crippen LogP contribution in [0.15, 0.2) is 18.2 Å². The molecule has 1 amide bonds. The highest BCUT2D eigenvalue weighted by atomic mass is 35.5. The second kappa shape index (κ2) is 4.53. The molecule has 3 nitrogen and oxygen atoms in total. The van der Waals surface area contributed by atoms with Crippen molar-refractivity contribution in [3.8, 4) is 0 Å². The van der Waals surface area contributed by atoms with Gasteiger partial charge in [0.2, 0.25) is 0 Å². The molecule has 15 heavy (non-hydrogen) atoms. The van der Waals surface area contributed by atoms with Gasteiger partial charge in [0.05, 0.1) is 0 Å². The van der Waals surface area contributed by atoms with Gasteiger partial charge in [-0.15, -0.1) is 0 Å². The van der Waals surface area contributed by atoms with Gasteiger partial charge in [-0.3, -0.25) is 4.79 Å². The zero-order valence-corrected chi connectivity index (χ0v) is 8.68. The molecule has 0 fully saturated rings. The van der Waals surface area contributed by atoms with Crippen molar-refractivity contribution in [2.75, 3.05) is 5.32 Å². The number of aromatic nitrogens is 1. The van der Waals surface area contributed by atoms with Crippen LogP contribution in [-0.2, 0) is 4.79 Å².